The van der Waals surface area contributed by atoms with Crippen LogP contribution in [0.5, 0.6) is 0 Å². The molecule has 0 bridgehead atoms. The number of hydrogen-bond donors (Lipinski definition) is 0. The minimum atomic E-state index is -0.337. The Hall–Kier alpha value is -0.960. The number of thioether (sulfide) groups is 1. The van der Waals surface area contributed by atoms with Crippen LogP contribution in [0.1, 0.15) is 0 Å². The lowest BCUT2D eigenvalue weighted by molar-refractivity contribution is 0.267. The van der Waals surface area contributed by atoms with Crippen LogP contribution in [0, 0.1) is 0 Å². The second-order valence-corrected chi connectivity index (χ2v) is 3.09. The zero-order valence-electron chi connectivity index (χ0n) is 6.06. The highest BCUT2D eigenvalue weighted by atomic mass is 32.2. The maximum Gasteiger partial charge on any atom is 0.318 e. The van der Waals surface area contributed by atoms with Crippen LogP contribution in [0.15, 0.2) is 40.2 Å². The molecule has 0 heterocycles. The Balaban J connectivity index is 2.64. The smallest absolute Gasteiger partial charge is 0.258 e. The molecular weight excluding hydrogens is 190 g/mol. The van der Waals surface area contributed by atoms with E-state index in [0.29, 0.717) is 0 Å². The largest absolute Gasteiger partial charge is 0.318 e. The highest BCUT2D eigenvalue weighted by Gasteiger charge is 1.99. The maximum atomic E-state index is 10.9. The van der Waals surface area contributed by atoms with E-state index in [9.17, 15) is 4.79 Å². The Morgan fingerprint density at radius 2 is 2.08 bits per heavy atom. The highest BCUT2D eigenvalue weighted by Crippen LogP contribution is 2.18. The van der Waals surface area contributed by atoms with Crippen LogP contribution < -0.4 is 0 Å². The molecule has 1 amide bonds. The molecule has 0 spiro atoms. The van der Waals surface area contributed by atoms with Crippen molar-refractivity contribution in [1.29, 1.82) is 0 Å². The third-order valence-corrected chi connectivity index (χ3v) is 1.95. The van der Waals surface area contributed by atoms with E-state index in [0.717, 1.165) is 16.7 Å². The summed E-state index contributed by atoms with van der Waals surface area (Å²) >= 11 is 5.33. The molecule has 0 saturated carbocycles. The van der Waals surface area contributed by atoms with Gasteiger partial charge in [-0.15, -0.1) is 4.99 Å². The van der Waals surface area contributed by atoms with E-state index < -0.39 is 0 Å². The fraction of sp³-hybridized carbons (Fsp3) is 0. The number of amides is 1. The molecular formula is C8H5NOS2. The molecule has 2 nitrogen and oxygen atoms in total. The molecule has 0 atom stereocenters. The summed E-state index contributed by atoms with van der Waals surface area (Å²) in [5, 5.41) is 1.69. The predicted octanol–water partition coefficient (Wildman–Crippen LogP) is 3.00. The Kier molecular flexibility index (Phi) is 3.67. The third kappa shape index (κ3) is 2.96. The molecule has 60 valence electrons. The molecule has 1 rings (SSSR count). The van der Waals surface area contributed by atoms with Crippen molar-refractivity contribution < 1.29 is 4.79 Å². The van der Waals surface area contributed by atoms with Crippen LogP contribution in [0.3, 0.4) is 0 Å². The zero-order chi connectivity index (χ0) is 8.81. The molecule has 0 aliphatic carbocycles. The fourth-order valence-electron chi connectivity index (χ4n) is 0.649. The summed E-state index contributed by atoms with van der Waals surface area (Å²) in [6.45, 7) is 0. The summed E-state index contributed by atoms with van der Waals surface area (Å²) in [7, 11) is 0. The summed E-state index contributed by atoms with van der Waals surface area (Å²) in [6, 6.07) is 9.27. The van der Waals surface area contributed by atoms with Gasteiger partial charge < -0.3 is 0 Å². The first kappa shape index (κ1) is 9.13. The van der Waals surface area contributed by atoms with Crippen LogP contribution in [0.2, 0.25) is 0 Å². The molecule has 0 aliphatic heterocycles. The Morgan fingerprint density at radius 3 is 2.67 bits per heavy atom. The summed E-state index contributed by atoms with van der Waals surface area (Å²) in [5.74, 6) is 0. The van der Waals surface area contributed by atoms with Crippen LogP contribution in [-0.2, 0) is 0 Å². The lowest BCUT2D eigenvalue weighted by atomic mass is 10.4. The van der Waals surface area contributed by atoms with Crippen molar-refractivity contribution in [3.05, 3.63) is 30.3 Å². The van der Waals surface area contributed by atoms with Crippen LogP contribution in [0.4, 0.5) is 4.79 Å². The molecule has 0 fully saturated rings. The van der Waals surface area contributed by atoms with E-state index in [4.69, 9.17) is 0 Å². The number of carbonyl (C=O) groups excluding carboxylic acids is 1. The molecule has 0 radical (unpaired) electrons. The molecule has 1 aromatic carbocycles. The van der Waals surface area contributed by atoms with Gasteiger partial charge in [0.05, 0.1) is 5.16 Å². The summed E-state index contributed by atoms with van der Waals surface area (Å²) in [6.07, 6.45) is 0. The van der Waals surface area contributed by atoms with Crippen molar-refractivity contribution in [2.75, 3.05) is 0 Å². The van der Waals surface area contributed by atoms with Gasteiger partial charge in [-0.25, -0.2) is 0 Å². The van der Waals surface area contributed by atoms with Gasteiger partial charge in [-0.3, -0.25) is 4.79 Å². The van der Waals surface area contributed by atoms with E-state index in [-0.39, 0.29) is 5.24 Å². The normalized spacial score (nSPS) is 8.67. The summed E-state index contributed by atoms with van der Waals surface area (Å²) in [4.78, 5) is 15.0. The number of hydrogen-bond acceptors (Lipinski definition) is 3. The Bertz CT molecular complexity index is 317. The summed E-state index contributed by atoms with van der Waals surface area (Å²) in [5.41, 5.74) is 0. The van der Waals surface area contributed by atoms with Crippen LogP contribution in [0.25, 0.3) is 0 Å². The Morgan fingerprint density at radius 1 is 1.42 bits per heavy atom. The number of aliphatic imine (C=N–C) groups is 1. The van der Waals surface area contributed by atoms with E-state index in [1.54, 1.807) is 0 Å². The van der Waals surface area contributed by atoms with Crippen molar-refractivity contribution in [1.82, 2.24) is 0 Å². The van der Waals surface area contributed by atoms with Gasteiger partial charge in [-0.2, -0.15) is 0 Å². The quantitative estimate of drug-likeness (QED) is 0.392. The highest BCUT2D eigenvalue weighted by molar-refractivity contribution is 8.13. The van der Waals surface area contributed by atoms with E-state index in [1.165, 1.54) is 0 Å². The van der Waals surface area contributed by atoms with Gasteiger partial charge in [0.1, 0.15) is 0 Å². The number of nitrogens with zero attached hydrogens (tertiary/aromatic N) is 1. The Labute approximate surface area is 79.7 Å². The van der Waals surface area contributed by atoms with E-state index in [2.05, 4.69) is 17.2 Å². The molecule has 0 aliphatic rings. The first-order valence-electron chi connectivity index (χ1n) is 3.17. The number of rotatable bonds is 1. The lowest BCUT2D eigenvalue weighted by Crippen LogP contribution is -1.79. The second-order valence-electron chi connectivity index (χ2n) is 1.88. The van der Waals surface area contributed by atoms with Crippen molar-refractivity contribution >= 4 is 34.4 Å². The van der Waals surface area contributed by atoms with Crippen molar-refractivity contribution in [3.63, 3.8) is 0 Å². The first-order chi connectivity index (χ1) is 5.83. The van der Waals surface area contributed by atoms with Gasteiger partial charge >= 0.3 is 5.24 Å². The first-order valence-corrected chi connectivity index (χ1v) is 4.40. The van der Waals surface area contributed by atoms with Crippen LogP contribution in [-0.4, -0.2) is 10.4 Å². The topological polar surface area (TPSA) is 29.4 Å². The van der Waals surface area contributed by atoms with Crippen molar-refractivity contribution in [3.8, 4) is 0 Å². The van der Waals surface area contributed by atoms with E-state index in [1.807, 2.05) is 35.5 Å². The average molecular weight is 195 g/mol. The molecule has 1 aromatic rings. The molecule has 12 heavy (non-hydrogen) atoms. The van der Waals surface area contributed by atoms with Gasteiger partial charge in [0.25, 0.3) is 0 Å². The molecule has 0 saturated heterocycles. The molecule has 4 heteroatoms. The van der Waals surface area contributed by atoms with Gasteiger partial charge in [0.2, 0.25) is 0 Å². The monoisotopic (exact) mass is 195 g/mol. The average Bonchev–Trinajstić information content (AvgIpc) is 2.06. The number of thiocarbonyl (C=S) groups is 1. The minimum absolute atomic E-state index is 0.337. The lowest BCUT2D eigenvalue weighted by Gasteiger charge is -1.92. The maximum absolute atomic E-state index is 10.9. The predicted molar refractivity (Wildman–Crippen MR) is 52.7 cm³/mol. The standard InChI is InChI=1S/C8H5NOS2/c10-8(9-6-11)12-7-4-2-1-3-5-7/h1-5H. The van der Waals surface area contributed by atoms with Crippen molar-refractivity contribution in [2.45, 2.75) is 4.90 Å². The van der Waals surface area contributed by atoms with Gasteiger partial charge in [0.15, 0.2) is 0 Å². The number of carbonyl (C=O) groups is 1. The number of benzene rings is 1. The zero-order valence-corrected chi connectivity index (χ0v) is 7.69. The number of isothiocyanates is 1. The SMILES string of the molecule is O=C(N=C=S)Sc1ccccc1. The minimum Gasteiger partial charge on any atom is -0.258 e. The van der Waals surface area contributed by atoms with Crippen LogP contribution >= 0.6 is 24.0 Å². The van der Waals surface area contributed by atoms with Gasteiger partial charge in [-0.05, 0) is 36.1 Å². The third-order valence-electron chi connectivity index (χ3n) is 1.09. The molecule has 0 unspecified atom stereocenters. The second kappa shape index (κ2) is 4.83. The summed E-state index contributed by atoms with van der Waals surface area (Å²) < 4.78 is 0. The van der Waals surface area contributed by atoms with Crippen molar-refractivity contribution in [2.24, 2.45) is 4.99 Å². The van der Waals surface area contributed by atoms with E-state index >= 15 is 0 Å². The molecule has 0 aromatic heterocycles. The van der Waals surface area contributed by atoms with Gasteiger partial charge in [0, 0.05) is 4.90 Å². The molecule has 0 N–H and O–H groups in total. The van der Waals surface area contributed by atoms with Gasteiger partial charge in [-0.1, -0.05) is 18.2 Å². The fourth-order valence-corrected chi connectivity index (χ4v) is 1.38.